The summed E-state index contributed by atoms with van der Waals surface area (Å²) in [5.41, 5.74) is 7.10. The van der Waals surface area contributed by atoms with E-state index in [2.05, 4.69) is 23.9 Å². The van der Waals surface area contributed by atoms with Crippen LogP contribution in [0.4, 0.5) is 0 Å². The summed E-state index contributed by atoms with van der Waals surface area (Å²) in [6, 6.07) is 5.76. The molecule has 4 N–H and O–H groups in total. The van der Waals surface area contributed by atoms with Gasteiger partial charge in [0.15, 0.2) is 5.84 Å². The van der Waals surface area contributed by atoms with Crippen molar-refractivity contribution < 1.29 is 10.3 Å². The van der Waals surface area contributed by atoms with Gasteiger partial charge >= 0.3 is 0 Å². The second-order valence-corrected chi connectivity index (χ2v) is 5.36. The monoisotopic (exact) mass is 313 g/mol. The molecule has 0 aliphatic carbocycles. The lowest BCUT2D eigenvalue weighted by atomic mass is 10.1. The van der Waals surface area contributed by atoms with E-state index in [0.29, 0.717) is 29.7 Å². The van der Waals surface area contributed by atoms with E-state index in [4.69, 9.17) is 22.5 Å². The summed E-state index contributed by atoms with van der Waals surface area (Å²) in [4.78, 5) is 2.23. The topological polar surface area (TPSA) is 82.1 Å². The van der Waals surface area contributed by atoms with E-state index in [1.165, 1.54) is 0 Å². The van der Waals surface area contributed by atoms with Crippen molar-refractivity contribution >= 4 is 17.4 Å². The van der Waals surface area contributed by atoms with Gasteiger partial charge in [0.25, 0.3) is 0 Å². The van der Waals surface area contributed by atoms with Crippen molar-refractivity contribution in [3.8, 4) is 0 Å². The molecule has 5 nitrogen and oxygen atoms in total. The van der Waals surface area contributed by atoms with Crippen molar-refractivity contribution in [2.24, 2.45) is 10.9 Å². The first-order valence-corrected chi connectivity index (χ1v) is 7.56. The molecular weight excluding hydrogens is 290 g/mol. The standard InChI is InChI=1S/C15H24ClN3O2/c1-3-13(4-2)19(7-8-20)10-12-6-5-11(9-14(12)16)15(17)18-21/h5-6,9,13,20-21H,3-4,7-8,10H2,1-2H3,(H2,17,18). The summed E-state index contributed by atoms with van der Waals surface area (Å²) in [6.07, 6.45) is 2.05. The number of nitrogens with zero attached hydrogens (tertiary/aromatic N) is 2. The van der Waals surface area contributed by atoms with Crippen molar-refractivity contribution in [1.29, 1.82) is 0 Å². The summed E-state index contributed by atoms with van der Waals surface area (Å²) in [7, 11) is 0. The van der Waals surface area contributed by atoms with E-state index in [9.17, 15) is 5.11 Å². The van der Waals surface area contributed by atoms with E-state index in [1.54, 1.807) is 12.1 Å². The molecular formula is C15H24ClN3O2. The molecule has 21 heavy (non-hydrogen) atoms. The van der Waals surface area contributed by atoms with Crippen molar-refractivity contribution in [3.05, 3.63) is 34.3 Å². The third kappa shape index (κ3) is 4.88. The van der Waals surface area contributed by atoms with Gasteiger partial charge in [-0.15, -0.1) is 0 Å². The Labute approximate surface area is 131 Å². The van der Waals surface area contributed by atoms with Gasteiger partial charge in [-0.2, -0.15) is 0 Å². The molecule has 0 amide bonds. The Bertz CT molecular complexity index is 476. The Morgan fingerprint density at radius 1 is 1.38 bits per heavy atom. The molecule has 1 aromatic carbocycles. The number of aliphatic hydroxyl groups excluding tert-OH is 1. The van der Waals surface area contributed by atoms with E-state index in [1.807, 2.05) is 6.07 Å². The Hall–Kier alpha value is -1.30. The van der Waals surface area contributed by atoms with Gasteiger partial charge in [-0.25, -0.2) is 0 Å². The van der Waals surface area contributed by atoms with Gasteiger partial charge in [0.1, 0.15) is 0 Å². The number of aliphatic hydroxyl groups is 1. The van der Waals surface area contributed by atoms with Gasteiger partial charge in [0, 0.05) is 29.7 Å². The molecule has 118 valence electrons. The van der Waals surface area contributed by atoms with E-state index >= 15 is 0 Å². The lowest BCUT2D eigenvalue weighted by Crippen LogP contribution is -2.36. The first kappa shape index (κ1) is 17.8. The zero-order valence-corrected chi connectivity index (χ0v) is 13.3. The number of amidine groups is 1. The third-order valence-electron chi connectivity index (χ3n) is 3.68. The molecule has 0 saturated heterocycles. The normalized spacial score (nSPS) is 12.4. The van der Waals surface area contributed by atoms with Crippen LogP contribution < -0.4 is 5.73 Å². The number of benzene rings is 1. The van der Waals surface area contributed by atoms with E-state index < -0.39 is 0 Å². The maximum absolute atomic E-state index is 9.24. The average Bonchev–Trinajstić information content (AvgIpc) is 2.49. The van der Waals surface area contributed by atoms with Crippen LogP contribution in [-0.4, -0.2) is 40.2 Å². The fourth-order valence-corrected chi connectivity index (χ4v) is 2.68. The first-order valence-electron chi connectivity index (χ1n) is 7.18. The fraction of sp³-hybridized carbons (Fsp3) is 0.533. The van der Waals surface area contributed by atoms with Crippen LogP contribution >= 0.6 is 11.6 Å². The number of halogens is 1. The number of hydrogen-bond acceptors (Lipinski definition) is 4. The molecule has 0 atom stereocenters. The number of rotatable bonds is 8. The lowest BCUT2D eigenvalue weighted by molar-refractivity contribution is 0.136. The Morgan fingerprint density at radius 2 is 2.05 bits per heavy atom. The SMILES string of the molecule is CCC(CC)N(CCO)Cc1ccc(/C(N)=N/O)cc1Cl. The second kappa shape index (κ2) is 8.87. The van der Waals surface area contributed by atoms with Crippen LogP contribution in [0.5, 0.6) is 0 Å². The first-order chi connectivity index (χ1) is 10.1. The molecule has 0 fully saturated rings. The number of oxime groups is 1. The summed E-state index contributed by atoms with van der Waals surface area (Å²) in [5.74, 6) is 0.0376. The minimum absolute atomic E-state index is 0.0376. The molecule has 0 aromatic heterocycles. The predicted molar refractivity (Wildman–Crippen MR) is 85.8 cm³/mol. The molecule has 0 aliphatic rings. The molecule has 1 rings (SSSR count). The van der Waals surface area contributed by atoms with Crippen LogP contribution in [0.25, 0.3) is 0 Å². The summed E-state index contributed by atoms with van der Waals surface area (Å²) < 4.78 is 0. The Balaban J connectivity index is 2.94. The Morgan fingerprint density at radius 3 is 2.52 bits per heavy atom. The van der Waals surface area contributed by atoms with Gasteiger partial charge in [0.2, 0.25) is 0 Å². The molecule has 0 aliphatic heterocycles. The highest BCUT2D eigenvalue weighted by molar-refractivity contribution is 6.31. The van der Waals surface area contributed by atoms with Crippen molar-refractivity contribution in [3.63, 3.8) is 0 Å². The van der Waals surface area contributed by atoms with Gasteiger partial charge in [-0.05, 0) is 24.5 Å². The summed E-state index contributed by atoms with van der Waals surface area (Å²) in [5, 5.41) is 21.5. The van der Waals surface area contributed by atoms with Gasteiger partial charge in [-0.1, -0.05) is 42.7 Å². The van der Waals surface area contributed by atoms with E-state index in [0.717, 1.165) is 18.4 Å². The third-order valence-corrected chi connectivity index (χ3v) is 4.03. The van der Waals surface area contributed by atoms with Crippen molar-refractivity contribution in [2.75, 3.05) is 13.2 Å². The van der Waals surface area contributed by atoms with Crippen LogP contribution in [0, 0.1) is 0 Å². The van der Waals surface area contributed by atoms with Gasteiger partial charge in [-0.3, -0.25) is 4.90 Å². The van der Waals surface area contributed by atoms with Crippen LogP contribution in [0.1, 0.15) is 37.8 Å². The molecule has 0 unspecified atom stereocenters. The van der Waals surface area contributed by atoms with Crippen LogP contribution in [0.3, 0.4) is 0 Å². The molecule has 6 heteroatoms. The number of hydrogen-bond donors (Lipinski definition) is 3. The molecule has 0 radical (unpaired) electrons. The zero-order valence-electron chi connectivity index (χ0n) is 12.6. The molecule has 1 aromatic rings. The van der Waals surface area contributed by atoms with Gasteiger partial charge < -0.3 is 16.0 Å². The average molecular weight is 314 g/mol. The van der Waals surface area contributed by atoms with Crippen LogP contribution in [0.15, 0.2) is 23.4 Å². The highest BCUT2D eigenvalue weighted by Crippen LogP contribution is 2.22. The molecule has 0 spiro atoms. The number of nitrogens with two attached hydrogens (primary N) is 1. The highest BCUT2D eigenvalue weighted by atomic mass is 35.5. The van der Waals surface area contributed by atoms with Gasteiger partial charge in [0.05, 0.1) is 6.61 Å². The minimum atomic E-state index is 0.0376. The lowest BCUT2D eigenvalue weighted by Gasteiger charge is -2.30. The highest BCUT2D eigenvalue weighted by Gasteiger charge is 2.16. The maximum atomic E-state index is 9.24. The fourth-order valence-electron chi connectivity index (χ4n) is 2.44. The summed E-state index contributed by atoms with van der Waals surface area (Å²) >= 11 is 6.28. The van der Waals surface area contributed by atoms with Crippen molar-refractivity contribution in [1.82, 2.24) is 4.90 Å². The predicted octanol–water partition coefficient (Wildman–Crippen LogP) is 2.42. The largest absolute Gasteiger partial charge is 0.409 e. The molecule has 0 saturated carbocycles. The summed E-state index contributed by atoms with van der Waals surface area (Å²) in [6.45, 7) is 5.69. The smallest absolute Gasteiger partial charge is 0.170 e. The van der Waals surface area contributed by atoms with E-state index in [-0.39, 0.29) is 12.4 Å². The molecule has 0 heterocycles. The maximum Gasteiger partial charge on any atom is 0.170 e. The van der Waals surface area contributed by atoms with Crippen molar-refractivity contribution in [2.45, 2.75) is 39.3 Å². The Kier molecular flexibility index (Phi) is 7.50. The second-order valence-electron chi connectivity index (χ2n) is 4.96. The zero-order chi connectivity index (χ0) is 15.8. The molecule has 0 bridgehead atoms. The van der Waals surface area contributed by atoms with Crippen LogP contribution in [-0.2, 0) is 6.54 Å². The quantitative estimate of drug-likeness (QED) is 0.298. The minimum Gasteiger partial charge on any atom is -0.409 e. The van der Waals surface area contributed by atoms with Crippen LogP contribution in [0.2, 0.25) is 5.02 Å².